The van der Waals surface area contributed by atoms with Crippen molar-refractivity contribution >= 4 is 15.8 Å². The zero-order chi connectivity index (χ0) is 21.0. The Morgan fingerprint density at radius 3 is 2.03 bits per heavy atom. The van der Waals surface area contributed by atoms with E-state index >= 15 is 0 Å². The van der Waals surface area contributed by atoms with Crippen LogP contribution >= 0.6 is 0 Å². The maximum atomic E-state index is 12.5. The Hall–Kier alpha value is -1.88. The number of ketones is 1. The molecule has 0 bridgehead atoms. The van der Waals surface area contributed by atoms with Gasteiger partial charge in [-0.25, -0.2) is 8.42 Å². The van der Waals surface area contributed by atoms with E-state index in [0.29, 0.717) is 12.0 Å². The Balaban J connectivity index is 1.68. The van der Waals surface area contributed by atoms with Crippen LogP contribution < -0.4 is 0 Å². The first-order valence-electron chi connectivity index (χ1n) is 11.0. The second-order valence-electron chi connectivity index (χ2n) is 7.83. The molecular formula is C24H35NO3S. The third-order valence-electron chi connectivity index (χ3n) is 5.26. The largest absolute Gasteiger partial charge is 0.294 e. The van der Waals surface area contributed by atoms with Crippen LogP contribution in [0.15, 0.2) is 48.8 Å². The molecule has 4 nitrogen and oxygen atoms in total. The van der Waals surface area contributed by atoms with Crippen LogP contribution in [-0.2, 0) is 15.8 Å². The van der Waals surface area contributed by atoms with E-state index in [9.17, 15) is 13.2 Å². The number of Topliss-reactive ketones (excluding diaryl/α,β-unsaturated/α-hetero) is 1. The lowest BCUT2D eigenvalue weighted by molar-refractivity contribution is 0.0979. The van der Waals surface area contributed by atoms with Gasteiger partial charge in [-0.05, 0) is 18.1 Å². The fraction of sp³-hybridized carbons (Fsp3) is 0.542. The Bertz CT molecular complexity index is 825. The molecule has 0 aliphatic rings. The molecule has 29 heavy (non-hydrogen) atoms. The smallest absolute Gasteiger partial charge is 0.242 e. The summed E-state index contributed by atoms with van der Waals surface area (Å²) in [5, 5.41) is 0. The van der Waals surface area contributed by atoms with Crippen LogP contribution in [0, 0.1) is 0 Å². The number of carbonyl (C=O) groups excluding carboxylic acids is 1. The van der Waals surface area contributed by atoms with E-state index in [0.717, 1.165) is 18.4 Å². The lowest BCUT2D eigenvalue weighted by atomic mass is 10.0. The molecule has 5 heteroatoms. The van der Waals surface area contributed by atoms with E-state index in [-0.39, 0.29) is 11.5 Å². The Labute approximate surface area is 176 Å². The molecule has 0 unspecified atom stereocenters. The molecule has 0 fully saturated rings. The van der Waals surface area contributed by atoms with Gasteiger partial charge >= 0.3 is 0 Å². The minimum Gasteiger partial charge on any atom is -0.294 e. The molecule has 0 N–H and O–H groups in total. The lowest BCUT2D eigenvalue weighted by Gasteiger charge is -2.05. The van der Waals surface area contributed by atoms with E-state index in [4.69, 9.17) is 0 Å². The van der Waals surface area contributed by atoms with Crippen molar-refractivity contribution in [1.29, 1.82) is 0 Å². The van der Waals surface area contributed by atoms with Crippen LogP contribution in [0.2, 0.25) is 0 Å². The number of nitrogens with zero attached hydrogens (tertiary/aromatic N) is 1. The van der Waals surface area contributed by atoms with Crippen molar-refractivity contribution in [3.8, 4) is 0 Å². The molecule has 0 aliphatic carbocycles. The summed E-state index contributed by atoms with van der Waals surface area (Å²) in [7, 11) is -3.51. The lowest BCUT2D eigenvalue weighted by Crippen LogP contribution is -2.13. The predicted molar refractivity (Wildman–Crippen MR) is 120 cm³/mol. The maximum absolute atomic E-state index is 12.5. The maximum Gasteiger partial charge on any atom is 0.242 e. The minimum atomic E-state index is -3.51. The summed E-state index contributed by atoms with van der Waals surface area (Å²) in [5.41, 5.74) is 1.22. The van der Waals surface area contributed by atoms with E-state index < -0.39 is 10.0 Å². The Morgan fingerprint density at radius 1 is 0.828 bits per heavy atom. The zero-order valence-electron chi connectivity index (χ0n) is 17.7. The zero-order valence-corrected chi connectivity index (χ0v) is 18.5. The molecule has 0 saturated heterocycles. The molecule has 0 spiro atoms. The normalized spacial score (nSPS) is 11.6. The topological polar surface area (TPSA) is 56.1 Å². The second kappa shape index (κ2) is 12.6. The molecule has 2 aromatic rings. The summed E-state index contributed by atoms with van der Waals surface area (Å²) in [6, 6.07) is 10.7. The Morgan fingerprint density at radius 2 is 1.41 bits per heavy atom. The number of aromatic nitrogens is 1. The van der Waals surface area contributed by atoms with Gasteiger partial charge < -0.3 is 0 Å². The first kappa shape index (κ1) is 23.4. The number of rotatable bonds is 15. The van der Waals surface area contributed by atoms with Gasteiger partial charge in [0.2, 0.25) is 10.0 Å². The second-order valence-corrected chi connectivity index (χ2v) is 9.70. The highest BCUT2D eigenvalue weighted by Gasteiger charge is 2.16. The van der Waals surface area contributed by atoms with Crippen molar-refractivity contribution in [2.45, 2.75) is 83.3 Å². The SMILES string of the molecule is CCCCCCCCCCCCC(=O)c1ccn(S(=O)(=O)Cc2ccccc2)c1. The summed E-state index contributed by atoms with van der Waals surface area (Å²) in [6.07, 6.45) is 15.7. The van der Waals surface area contributed by atoms with Crippen molar-refractivity contribution in [1.82, 2.24) is 3.97 Å². The average Bonchev–Trinajstić information content (AvgIpc) is 3.21. The molecule has 1 aromatic carbocycles. The quantitative estimate of drug-likeness (QED) is 0.250. The fourth-order valence-corrected chi connectivity index (χ4v) is 4.77. The highest BCUT2D eigenvalue weighted by atomic mass is 32.2. The molecule has 1 heterocycles. The first-order valence-corrected chi connectivity index (χ1v) is 12.6. The highest BCUT2D eigenvalue weighted by molar-refractivity contribution is 7.89. The molecule has 0 atom stereocenters. The summed E-state index contributed by atoms with van der Waals surface area (Å²) >= 11 is 0. The highest BCUT2D eigenvalue weighted by Crippen LogP contribution is 2.15. The molecule has 0 saturated carbocycles. The average molecular weight is 418 g/mol. The molecule has 1 aromatic heterocycles. The van der Waals surface area contributed by atoms with Gasteiger partial charge in [0.05, 0.1) is 5.75 Å². The van der Waals surface area contributed by atoms with Crippen LogP contribution in [0.3, 0.4) is 0 Å². The van der Waals surface area contributed by atoms with Crippen molar-refractivity contribution in [2.75, 3.05) is 0 Å². The van der Waals surface area contributed by atoms with Crippen molar-refractivity contribution in [3.05, 3.63) is 59.9 Å². The molecule has 2 rings (SSSR count). The van der Waals surface area contributed by atoms with Crippen LogP contribution in [0.25, 0.3) is 0 Å². The van der Waals surface area contributed by atoms with Crippen LogP contribution in [-0.4, -0.2) is 18.2 Å². The van der Waals surface area contributed by atoms with E-state index in [1.807, 2.05) is 18.2 Å². The van der Waals surface area contributed by atoms with E-state index in [2.05, 4.69) is 6.92 Å². The van der Waals surface area contributed by atoms with Crippen LogP contribution in [0.1, 0.15) is 93.5 Å². The predicted octanol–water partition coefficient (Wildman–Crippen LogP) is 6.36. The number of unbranched alkanes of at least 4 members (excludes halogenated alkanes) is 9. The number of carbonyl (C=O) groups is 1. The molecule has 0 radical (unpaired) electrons. The van der Waals surface area contributed by atoms with Gasteiger partial charge in [0.25, 0.3) is 0 Å². The van der Waals surface area contributed by atoms with Gasteiger partial charge in [-0.2, -0.15) is 0 Å². The summed E-state index contributed by atoms with van der Waals surface area (Å²) in [4.78, 5) is 12.4. The van der Waals surface area contributed by atoms with Crippen molar-refractivity contribution in [2.24, 2.45) is 0 Å². The van der Waals surface area contributed by atoms with Gasteiger partial charge in [-0.3, -0.25) is 8.77 Å². The fourth-order valence-electron chi connectivity index (χ4n) is 3.49. The van der Waals surface area contributed by atoms with Crippen LogP contribution in [0.4, 0.5) is 0 Å². The standard InChI is InChI=1S/C24H35NO3S/c1-2-3-4-5-6-7-8-9-10-14-17-24(26)23-18-19-25(20-23)29(27,28)21-22-15-12-11-13-16-22/h11-13,15-16,18-20H,2-10,14,17,21H2,1H3. The summed E-state index contributed by atoms with van der Waals surface area (Å²) in [6.45, 7) is 2.24. The summed E-state index contributed by atoms with van der Waals surface area (Å²) in [5.74, 6) is -0.0487. The molecule has 0 amide bonds. The van der Waals surface area contributed by atoms with Gasteiger partial charge in [-0.1, -0.05) is 95.0 Å². The summed E-state index contributed by atoms with van der Waals surface area (Å²) < 4.78 is 26.2. The number of hydrogen-bond donors (Lipinski definition) is 0. The van der Waals surface area contributed by atoms with Crippen molar-refractivity contribution < 1.29 is 13.2 Å². The van der Waals surface area contributed by atoms with E-state index in [1.165, 1.54) is 67.7 Å². The Kier molecular flexibility index (Phi) is 10.2. The van der Waals surface area contributed by atoms with Gasteiger partial charge in [-0.15, -0.1) is 0 Å². The van der Waals surface area contributed by atoms with Gasteiger partial charge in [0.15, 0.2) is 5.78 Å². The third-order valence-corrected chi connectivity index (χ3v) is 6.83. The van der Waals surface area contributed by atoms with Crippen molar-refractivity contribution in [3.63, 3.8) is 0 Å². The molecule has 0 aliphatic heterocycles. The van der Waals surface area contributed by atoms with E-state index in [1.54, 1.807) is 18.2 Å². The third kappa shape index (κ3) is 8.57. The monoisotopic (exact) mass is 417 g/mol. The van der Waals surface area contributed by atoms with Gasteiger partial charge in [0, 0.05) is 24.4 Å². The minimum absolute atomic E-state index is 0.0261. The molecular weight excluding hydrogens is 382 g/mol. The van der Waals surface area contributed by atoms with Gasteiger partial charge in [0.1, 0.15) is 0 Å². The first-order chi connectivity index (χ1) is 14.0. The number of benzene rings is 1. The number of hydrogen-bond acceptors (Lipinski definition) is 3. The van der Waals surface area contributed by atoms with Crippen LogP contribution in [0.5, 0.6) is 0 Å². The molecule has 160 valence electrons.